The molecule has 0 heterocycles. The Kier molecular flexibility index (Phi) is 3.46. The number of aliphatic carboxylic acids is 1. The Hall–Kier alpha value is -1.40. The Labute approximate surface area is 122 Å². The van der Waals surface area contributed by atoms with Gasteiger partial charge in [-0.2, -0.15) is 0 Å². The van der Waals surface area contributed by atoms with Gasteiger partial charge in [0.25, 0.3) is 5.92 Å². The third kappa shape index (κ3) is 2.82. The summed E-state index contributed by atoms with van der Waals surface area (Å²) in [5.74, 6) is -5.91. The van der Waals surface area contributed by atoms with Crippen molar-refractivity contribution >= 4 is 12.1 Å². The molecule has 2 rings (SSSR count). The van der Waals surface area contributed by atoms with Crippen LogP contribution in [-0.4, -0.2) is 34.2 Å². The minimum Gasteiger partial charge on any atom is -0.480 e. The highest BCUT2D eigenvalue weighted by molar-refractivity contribution is 5.84. The first-order chi connectivity index (χ1) is 9.38. The smallest absolute Gasteiger partial charge is 0.408 e. The van der Waals surface area contributed by atoms with E-state index in [2.05, 4.69) is 5.32 Å². The maximum absolute atomic E-state index is 13.2. The van der Waals surface area contributed by atoms with Gasteiger partial charge in [-0.05, 0) is 46.5 Å². The number of carboxylic acids is 1. The SMILES string of the molecule is CC(C)(C)OC(=O)N[C@@](C)(C(=O)O)[C@@H]1C[C@@H]2[C@H](C1)C2(F)F. The van der Waals surface area contributed by atoms with Crippen LogP contribution in [0.5, 0.6) is 0 Å². The van der Waals surface area contributed by atoms with Crippen molar-refractivity contribution in [3.8, 4) is 0 Å². The molecule has 2 aliphatic rings. The molecule has 5 nitrogen and oxygen atoms in total. The number of carbonyl (C=O) groups is 2. The highest BCUT2D eigenvalue weighted by Gasteiger charge is 2.73. The lowest BCUT2D eigenvalue weighted by Crippen LogP contribution is -2.58. The minimum absolute atomic E-state index is 0.107. The van der Waals surface area contributed by atoms with E-state index in [1.807, 2.05) is 0 Å². The first-order valence-corrected chi connectivity index (χ1v) is 7.00. The summed E-state index contributed by atoms with van der Waals surface area (Å²) in [7, 11) is 0. The van der Waals surface area contributed by atoms with Crippen LogP contribution in [0.1, 0.15) is 40.5 Å². The molecule has 2 aliphatic carbocycles. The molecule has 0 unspecified atom stereocenters. The number of rotatable bonds is 3. The van der Waals surface area contributed by atoms with Gasteiger partial charge in [-0.1, -0.05) is 0 Å². The monoisotopic (exact) mass is 305 g/mol. The first kappa shape index (κ1) is 16.0. The number of hydrogen-bond acceptors (Lipinski definition) is 3. The van der Waals surface area contributed by atoms with Crippen LogP contribution in [0.3, 0.4) is 0 Å². The van der Waals surface area contributed by atoms with Crippen molar-refractivity contribution in [2.75, 3.05) is 0 Å². The van der Waals surface area contributed by atoms with Gasteiger partial charge in [-0.3, -0.25) is 0 Å². The normalized spacial score (nSPS) is 32.8. The van der Waals surface area contributed by atoms with Crippen LogP contribution in [-0.2, 0) is 9.53 Å². The molecule has 7 heteroatoms. The molecule has 0 bridgehead atoms. The molecule has 2 saturated carbocycles. The number of alkyl halides is 2. The number of hydrogen-bond donors (Lipinski definition) is 2. The van der Waals surface area contributed by atoms with Gasteiger partial charge in [0.2, 0.25) is 0 Å². The van der Waals surface area contributed by atoms with E-state index in [0.717, 1.165) is 0 Å². The highest BCUT2D eigenvalue weighted by Crippen LogP contribution is 2.67. The zero-order valence-corrected chi connectivity index (χ0v) is 12.6. The molecule has 21 heavy (non-hydrogen) atoms. The number of nitrogens with one attached hydrogen (secondary N) is 1. The van der Waals surface area contributed by atoms with Gasteiger partial charge in [0, 0.05) is 11.8 Å². The van der Waals surface area contributed by atoms with Crippen LogP contribution in [0.4, 0.5) is 13.6 Å². The fraction of sp³-hybridized carbons (Fsp3) is 0.857. The predicted molar refractivity (Wildman–Crippen MR) is 70.1 cm³/mol. The summed E-state index contributed by atoms with van der Waals surface area (Å²) >= 11 is 0. The second kappa shape index (κ2) is 4.55. The second-order valence-corrected chi connectivity index (χ2v) is 7.19. The van der Waals surface area contributed by atoms with Crippen molar-refractivity contribution in [2.24, 2.45) is 17.8 Å². The molecule has 0 saturated heterocycles. The van der Waals surface area contributed by atoms with E-state index in [9.17, 15) is 23.5 Å². The second-order valence-electron chi connectivity index (χ2n) is 7.19. The van der Waals surface area contributed by atoms with Crippen molar-refractivity contribution in [3.63, 3.8) is 0 Å². The fourth-order valence-corrected chi connectivity index (χ4v) is 3.13. The number of carbonyl (C=O) groups excluding carboxylic acids is 1. The largest absolute Gasteiger partial charge is 0.480 e. The summed E-state index contributed by atoms with van der Waals surface area (Å²) in [6, 6.07) is 0. The van der Waals surface area contributed by atoms with Gasteiger partial charge in [-0.25, -0.2) is 18.4 Å². The molecular formula is C14H21F2NO4. The molecule has 2 fully saturated rings. The van der Waals surface area contributed by atoms with E-state index < -0.39 is 46.9 Å². The molecule has 0 aromatic rings. The zero-order chi connectivity index (χ0) is 16.2. The zero-order valence-electron chi connectivity index (χ0n) is 12.6. The fourth-order valence-electron chi connectivity index (χ4n) is 3.13. The van der Waals surface area contributed by atoms with Gasteiger partial charge in [0.15, 0.2) is 0 Å². The number of fused-ring (bicyclic) bond motifs is 1. The van der Waals surface area contributed by atoms with Crippen molar-refractivity contribution in [1.29, 1.82) is 0 Å². The summed E-state index contributed by atoms with van der Waals surface area (Å²) in [6.07, 6.45) is -0.633. The van der Waals surface area contributed by atoms with Crippen molar-refractivity contribution in [1.82, 2.24) is 5.32 Å². The molecule has 120 valence electrons. The maximum atomic E-state index is 13.2. The average molecular weight is 305 g/mol. The van der Waals surface area contributed by atoms with Crippen molar-refractivity contribution in [2.45, 2.75) is 57.6 Å². The summed E-state index contributed by atoms with van der Waals surface area (Å²) in [4.78, 5) is 23.3. The molecule has 1 amide bonds. The van der Waals surface area contributed by atoms with E-state index in [4.69, 9.17) is 4.74 Å². The Morgan fingerprint density at radius 1 is 1.19 bits per heavy atom. The maximum Gasteiger partial charge on any atom is 0.408 e. The quantitative estimate of drug-likeness (QED) is 0.840. The number of amides is 1. The van der Waals surface area contributed by atoms with Crippen LogP contribution >= 0.6 is 0 Å². The van der Waals surface area contributed by atoms with Gasteiger partial charge >= 0.3 is 12.1 Å². The van der Waals surface area contributed by atoms with Gasteiger partial charge in [0.05, 0.1) is 0 Å². The Balaban J connectivity index is 2.05. The summed E-state index contributed by atoms with van der Waals surface area (Å²) in [5, 5.41) is 11.8. The molecule has 0 radical (unpaired) electrons. The number of carboxylic acid groups (broad SMARTS) is 1. The Bertz CT molecular complexity index is 460. The predicted octanol–water partition coefficient (Wildman–Crippen LogP) is 2.65. The number of alkyl carbamates (subject to hydrolysis) is 1. The third-order valence-electron chi connectivity index (χ3n) is 4.46. The van der Waals surface area contributed by atoms with E-state index in [1.165, 1.54) is 6.92 Å². The molecule has 0 spiro atoms. The lowest BCUT2D eigenvalue weighted by Gasteiger charge is -2.34. The van der Waals surface area contributed by atoms with Gasteiger partial charge in [-0.15, -0.1) is 0 Å². The van der Waals surface area contributed by atoms with Crippen LogP contribution in [0.25, 0.3) is 0 Å². The first-order valence-electron chi connectivity index (χ1n) is 7.00. The standard InChI is InChI=1S/C14H21F2NO4/c1-12(2,3)21-11(20)17-13(4,10(18)19)7-5-8-9(6-7)14(8,15)16/h7-9H,5-6H2,1-4H3,(H,17,20)(H,18,19)/t7-,8-,9+,13-/m1/s1. The molecule has 4 atom stereocenters. The van der Waals surface area contributed by atoms with E-state index in [1.54, 1.807) is 20.8 Å². The Morgan fingerprint density at radius 3 is 2.05 bits per heavy atom. The lowest BCUT2D eigenvalue weighted by atomic mass is 9.82. The van der Waals surface area contributed by atoms with Crippen LogP contribution in [0.2, 0.25) is 0 Å². The highest BCUT2D eigenvalue weighted by atomic mass is 19.3. The van der Waals surface area contributed by atoms with E-state index in [0.29, 0.717) is 0 Å². The molecule has 0 aliphatic heterocycles. The summed E-state index contributed by atoms with van der Waals surface area (Å²) in [5.41, 5.74) is -2.35. The lowest BCUT2D eigenvalue weighted by molar-refractivity contribution is -0.147. The topological polar surface area (TPSA) is 75.6 Å². The summed E-state index contributed by atoms with van der Waals surface area (Å²) in [6.45, 7) is 6.34. The van der Waals surface area contributed by atoms with Crippen molar-refractivity contribution in [3.05, 3.63) is 0 Å². The number of halogens is 2. The van der Waals surface area contributed by atoms with Crippen LogP contribution < -0.4 is 5.32 Å². The molecule has 2 N–H and O–H groups in total. The third-order valence-corrected chi connectivity index (χ3v) is 4.46. The number of ether oxygens (including phenoxy) is 1. The average Bonchev–Trinajstić information content (AvgIpc) is 2.68. The summed E-state index contributed by atoms with van der Waals surface area (Å²) < 4.78 is 31.5. The van der Waals surface area contributed by atoms with Gasteiger partial charge in [0.1, 0.15) is 11.1 Å². The Morgan fingerprint density at radius 2 is 1.67 bits per heavy atom. The van der Waals surface area contributed by atoms with E-state index >= 15 is 0 Å². The van der Waals surface area contributed by atoms with Crippen LogP contribution in [0, 0.1) is 17.8 Å². The van der Waals surface area contributed by atoms with Gasteiger partial charge < -0.3 is 15.2 Å². The molecule has 0 aromatic heterocycles. The van der Waals surface area contributed by atoms with Crippen molar-refractivity contribution < 1.29 is 28.2 Å². The van der Waals surface area contributed by atoms with E-state index in [-0.39, 0.29) is 12.8 Å². The molecule has 0 aromatic carbocycles. The molecular weight excluding hydrogens is 284 g/mol. The minimum atomic E-state index is -2.66. The van der Waals surface area contributed by atoms with Crippen LogP contribution in [0.15, 0.2) is 0 Å².